The number of benzene rings is 1. The molecule has 1 atom stereocenters. The van der Waals surface area contributed by atoms with Crippen molar-refractivity contribution in [3.8, 4) is 5.75 Å². The van der Waals surface area contributed by atoms with E-state index in [1.54, 1.807) is 11.3 Å². The lowest BCUT2D eigenvalue weighted by atomic mass is 9.76. The molecule has 1 unspecified atom stereocenters. The Morgan fingerprint density at radius 2 is 2.22 bits per heavy atom. The van der Waals surface area contributed by atoms with Crippen molar-refractivity contribution in [2.75, 3.05) is 6.61 Å². The third-order valence-corrected chi connectivity index (χ3v) is 5.66. The predicted octanol–water partition coefficient (Wildman–Crippen LogP) is 2.93. The van der Waals surface area contributed by atoms with Crippen molar-refractivity contribution in [2.24, 2.45) is 5.92 Å². The largest absolute Gasteiger partial charge is 0.493 e. The highest BCUT2D eigenvalue weighted by Crippen LogP contribution is 2.39. The quantitative estimate of drug-likeness (QED) is 0.907. The van der Waals surface area contributed by atoms with Gasteiger partial charge in [0.15, 0.2) is 0 Å². The molecule has 1 saturated carbocycles. The topological polar surface area (TPSA) is 58.6 Å². The number of aliphatic hydroxyl groups excluding tert-OH is 1. The van der Waals surface area contributed by atoms with Crippen molar-refractivity contribution in [3.05, 3.63) is 51.7 Å². The Morgan fingerprint density at radius 1 is 1.35 bits per heavy atom. The van der Waals surface area contributed by atoms with Gasteiger partial charge in [0.25, 0.3) is 5.91 Å². The maximum atomic E-state index is 12.7. The van der Waals surface area contributed by atoms with Crippen molar-refractivity contribution >= 4 is 17.2 Å². The summed E-state index contributed by atoms with van der Waals surface area (Å²) in [7, 11) is 0. The third kappa shape index (κ3) is 2.86. The smallest absolute Gasteiger partial charge is 0.251 e. The second kappa shape index (κ2) is 5.98. The molecule has 23 heavy (non-hydrogen) atoms. The molecule has 1 fully saturated rings. The van der Waals surface area contributed by atoms with Crippen LogP contribution in [0.4, 0.5) is 0 Å². The van der Waals surface area contributed by atoms with Crippen molar-refractivity contribution in [1.29, 1.82) is 0 Å². The first-order chi connectivity index (χ1) is 11.2. The second-order valence-electron chi connectivity index (χ2n) is 6.27. The summed E-state index contributed by atoms with van der Waals surface area (Å²) in [6.07, 6.45) is 2.14. The Kier molecular flexibility index (Phi) is 3.83. The fourth-order valence-corrected chi connectivity index (χ4v) is 4.21. The summed E-state index contributed by atoms with van der Waals surface area (Å²) in [4.78, 5) is 13.8. The number of rotatable bonds is 4. The van der Waals surface area contributed by atoms with E-state index >= 15 is 0 Å². The maximum absolute atomic E-state index is 12.7. The molecule has 0 saturated heterocycles. The monoisotopic (exact) mass is 329 g/mol. The van der Waals surface area contributed by atoms with Gasteiger partial charge in [-0.1, -0.05) is 6.07 Å². The molecule has 1 aliphatic heterocycles. The molecule has 1 aromatic carbocycles. The number of thiophene rings is 1. The average molecular weight is 329 g/mol. The lowest BCUT2D eigenvalue weighted by molar-refractivity contribution is 0.0241. The molecule has 1 aliphatic carbocycles. The summed E-state index contributed by atoms with van der Waals surface area (Å²) in [6, 6.07) is 9.66. The van der Waals surface area contributed by atoms with Crippen molar-refractivity contribution in [1.82, 2.24) is 5.32 Å². The zero-order chi connectivity index (χ0) is 15.8. The molecule has 5 heteroatoms. The predicted molar refractivity (Wildman–Crippen MR) is 88.9 cm³/mol. The van der Waals surface area contributed by atoms with E-state index in [-0.39, 0.29) is 18.1 Å². The number of nitrogens with one attached hydrogen (secondary N) is 1. The first-order valence-electron chi connectivity index (χ1n) is 7.99. The van der Waals surface area contributed by atoms with Crippen LogP contribution < -0.4 is 10.1 Å². The van der Waals surface area contributed by atoms with Gasteiger partial charge in [-0.3, -0.25) is 4.79 Å². The Labute approximate surface area is 139 Å². The lowest BCUT2D eigenvalue weighted by Crippen LogP contribution is -2.41. The number of carbonyl (C=O) groups is 1. The zero-order valence-electron chi connectivity index (χ0n) is 12.7. The molecule has 2 N–H and O–H groups in total. The number of hydrogen-bond donors (Lipinski definition) is 2. The van der Waals surface area contributed by atoms with Gasteiger partial charge in [-0.05, 0) is 54.0 Å². The van der Waals surface area contributed by atoms with Gasteiger partial charge in [0.05, 0.1) is 18.8 Å². The first kappa shape index (κ1) is 14.7. The van der Waals surface area contributed by atoms with Crippen LogP contribution in [0.5, 0.6) is 5.75 Å². The number of fused-ring (bicyclic) bond motifs is 1. The number of amides is 1. The van der Waals surface area contributed by atoms with Crippen LogP contribution in [0.3, 0.4) is 0 Å². The van der Waals surface area contributed by atoms with Gasteiger partial charge in [0, 0.05) is 16.9 Å². The molecule has 4 nitrogen and oxygen atoms in total. The minimum Gasteiger partial charge on any atom is -0.493 e. The minimum absolute atomic E-state index is 0.0181. The van der Waals surface area contributed by atoms with Crippen molar-refractivity contribution in [2.45, 2.75) is 31.4 Å². The molecular weight excluding hydrogens is 310 g/mol. The molecule has 0 bridgehead atoms. The van der Waals surface area contributed by atoms with E-state index in [9.17, 15) is 9.90 Å². The summed E-state index contributed by atoms with van der Waals surface area (Å²) in [5, 5.41) is 14.8. The Bertz CT molecular complexity index is 707. The van der Waals surface area contributed by atoms with Crippen LogP contribution in [0.1, 0.15) is 39.7 Å². The summed E-state index contributed by atoms with van der Waals surface area (Å²) in [6.45, 7) is 0.693. The minimum atomic E-state index is -0.225. The van der Waals surface area contributed by atoms with Gasteiger partial charge in [0.2, 0.25) is 0 Å². The van der Waals surface area contributed by atoms with Gasteiger partial charge >= 0.3 is 0 Å². The first-order valence-corrected chi connectivity index (χ1v) is 8.87. The van der Waals surface area contributed by atoms with Crippen LogP contribution >= 0.6 is 11.3 Å². The summed E-state index contributed by atoms with van der Waals surface area (Å²) in [5.41, 5.74) is 1.78. The number of aliphatic hydroxyl groups is 1. The fraction of sp³-hybridized carbons (Fsp3) is 0.389. The number of hydrogen-bond acceptors (Lipinski definition) is 4. The molecule has 2 aromatic rings. The van der Waals surface area contributed by atoms with Gasteiger partial charge in [0.1, 0.15) is 5.75 Å². The number of ether oxygens (including phenoxy) is 1. The fourth-order valence-electron chi connectivity index (χ4n) is 3.34. The van der Waals surface area contributed by atoms with Crippen molar-refractivity contribution in [3.63, 3.8) is 0 Å². The Hall–Kier alpha value is -1.85. The van der Waals surface area contributed by atoms with E-state index < -0.39 is 0 Å². The van der Waals surface area contributed by atoms with E-state index in [0.29, 0.717) is 18.1 Å². The van der Waals surface area contributed by atoms with E-state index in [1.807, 2.05) is 29.6 Å². The Balaban J connectivity index is 1.53. The normalized spacial score (nSPS) is 23.5. The van der Waals surface area contributed by atoms with Gasteiger partial charge in [-0.2, -0.15) is 0 Å². The van der Waals surface area contributed by atoms with E-state index in [1.165, 1.54) is 0 Å². The molecule has 4 rings (SSSR count). The molecule has 2 heterocycles. The average Bonchev–Trinajstić information content (AvgIpc) is 3.19. The van der Waals surface area contributed by atoms with E-state index in [2.05, 4.69) is 11.4 Å². The molecule has 120 valence electrons. The second-order valence-corrected chi connectivity index (χ2v) is 7.25. The van der Waals surface area contributed by atoms with Gasteiger partial charge in [-0.15, -0.1) is 11.3 Å². The molecule has 0 radical (unpaired) electrons. The van der Waals surface area contributed by atoms with Crippen LogP contribution in [0.2, 0.25) is 0 Å². The van der Waals surface area contributed by atoms with Crippen LogP contribution in [0.15, 0.2) is 35.7 Å². The standard InChI is InChI=1S/C18H19NO3S/c20-14-9-13(10-14)17(16-2-1-7-23-16)19-18(21)12-3-4-15-11(8-12)5-6-22-15/h1-4,7-8,13-14,17,20H,5-6,9-10H2,(H,19,21). The van der Waals surface area contributed by atoms with Crippen LogP contribution in [0, 0.1) is 5.92 Å². The summed E-state index contributed by atoms with van der Waals surface area (Å²) < 4.78 is 5.49. The highest BCUT2D eigenvalue weighted by Gasteiger charge is 2.36. The highest BCUT2D eigenvalue weighted by molar-refractivity contribution is 7.10. The Morgan fingerprint density at radius 3 is 2.96 bits per heavy atom. The number of carbonyl (C=O) groups excluding carboxylic acids is 1. The summed E-state index contributed by atoms with van der Waals surface area (Å²) in [5.74, 6) is 1.14. The zero-order valence-corrected chi connectivity index (χ0v) is 13.5. The third-order valence-electron chi connectivity index (χ3n) is 4.71. The van der Waals surface area contributed by atoms with Gasteiger partial charge < -0.3 is 15.2 Å². The SMILES string of the molecule is O=C(NC(c1cccs1)C1CC(O)C1)c1ccc2c(c1)CCO2. The molecule has 0 spiro atoms. The van der Waals surface area contributed by atoms with Gasteiger partial charge in [-0.25, -0.2) is 0 Å². The maximum Gasteiger partial charge on any atom is 0.251 e. The van der Waals surface area contributed by atoms with Crippen molar-refractivity contribution < 1.29 is 14.6 Å². The van der Waals surface area contributed by atoms with Crippen LogP contribution in [-0.2, 0) is 6.42 Å². The molecule has 2 aliphatic rings. The summed E-state index contributed by atoms with van der Waals surface area (Å²) >= 11 is 1.65. The molecule has 1 aromatic heterocycles. The van der Waals surface area contributed by atoms with Crippen LogP contribution in [0.25, 0.3) is 0 Å². The molecule has 1 amide bonds. The lowest BCUT2D eigenvalue weighted by Gasteiger charge is -2.37. The highest BCUT2D eigenvalue weighted by atomic mass is 32.1. The van der Waals surface area contributed by atoms with E-state index in [0.717, 1.165) is 35.5 Å². The van der Waals surface area contributed by atoms with E-state index in [4.69, 9.17) is 4.74 Å². The van der Waals surface area contributed by atoms with Crippen LogP contribution in [-0.4, -0.2) is 23.7 Å². The molecular formula is C18H19NO3S.